The molecular weight excluding hydrogens is 396 g/mol. The van der Waals surface area contributed by atoms with Crippen molar-refractivity contribution >= 4 is 21.8 Å². The molecule has 1 aromatic carbocycles. The number of hydrogen-bond donors (Lipinski definition) is 1. The number of hydrogen-bond acceptors (Lipinski definition) is 4. The van der Waals surface area contributed by atoms with Crippen LogP contribution in [0.1, 0.15) is 37.5 Å². The van der Waals surface area contributed by atoms with Crippen LogP contribution in [-0.4, -0.2) is 37.0 Å². The van der Waals surface area contributed by atoms with Crippen molar-refractivity contribution in [2.45, 2.75) is 31.7 Å². The highest BCUT2D eigenvalue weighted by atomic mass is 79.9. The number of amides is 1. The van der Waals surface area contributed by atoms with Crippen molar-refractivity contribution < 1.29 is 13.9 Å². The lowest BCUT2D eigenvalue weighted by atomic mass is 10.2. The van der Waals surface area contributed by atoms with Gasteiger partial charge in [0.15, 0.2) is 0 Å². The van der Waals surface area contributed by atoms with Crippen LogP contribution in [0.3, 0.4) is 0 Å². The summed E-state index contributed by atoms with van der Waals surface area (Å²) in [6.45, 7) is 3.21. The van der Waals surface area contributed by atoms with Gasteiger partial charge in [0.05, 0.1) is 23.4 Å². The minimum Gasteiger partial charge on any atom is -0.492 e. The maximum atomic E-state index is 12.2. The third-order valence-electron chi connectivity index (χ3n) is 4.59. The highest BCUT2D eigenvalue weighted by molar-refractivity contribution is 9.10. The number of likely N-dealkylation sites (tertiary alicyclic amines) is 1. The fraction of sp³-hybridized carbons (Fsp3) is 0.450. The highest BCUT2D eigenvalue weighted by Crippen LogP contribution is 2.25. The van der Waals surface area contributed by atoms with Crippen molar-refractivity contribution in [3.05, 3.63) is 52.9 Å². The lowest BCUT2D eigenvalue weighted by Gasteiger charge is -2.26. The molecule has 2 heterocycles. The van der Waals surface area contributed by atoms with E-state index >= 15 is 0 Å². The van der Waals surface area contributed by atoms with Crippen LogP contribution in [0.25, 0.3) is 0 Å². The molecule has 26 heavy (non-hydrogen) atoms. The largest absolute Gasteiger partial charge is 0.492 e. The van der Waals surface area contributed by atoms with E-state index in [4.69, 9.17) is 9.15 Å². The second kappa shape index (κ2) is 9.78. The average Bonchev–Trinajstić information content (AvgIpc) is 3.35. The third-order valence-corrected chi connectivity index (χ3v) is 5.24. The Hall–Kier alpha value is -1.79. The van der Waals surface area contributed by atoms with Crippen LogP contribution in [0.2, 0.25) is 0 Å². The van der Waals surface area contributed by atoms with E-state index in [1.165, 1.54) is 12.8 Å². The van der Waals surface area contributed by atoms with E-state index in [2.05, 4.69) is 26.1 Å². The first-order valence-corrected chi connectivity index (χ1v) is 9.95. The van der Waals surface area contributed by atoms with Crippen molar-refractivity contribution in [3.63, 3.8) is 0 Å². The van der Waals surface area contributed by atoms with Crippen molar-refractivity contribution in [2.24, 2.45) is 0 Å². The van der Waals surface area contributed by atoms with Crippen LogP contribution in [0.15, 0.2) is 51.6 Å². The van der Waals surface area contributed by atoms with Gasteiger partial charge in [0, 0.05) is 13.0 Å². The Labute approximate surface area is 162 Å². The lowest BCUT2D eigenvalue weighted by molar-refractivity contribution is -0.121. The molecule has 1 atom stereocenters. The van der Waals surface area contributed by atoms with Gasteiger partial charge >= 0.3 is 0 Å². The van der Waals surface area contributed by atoms with E-state index in [0.29, 0.717) is 26.0 Å². The molecule has 0 spiro atoms. The van der Waals surface area contributed by atoms with E-state index in [-0.39, 0.29) is 11.9 Å². The molecule has 0 saturated carbocycles. The summed E-state index contributed by atoms with van der Waals surface area (Å²) in [7, 11) is 0. The summed E-state index contributed by atoms with van der Waals surface area (Å²) in [6, 6.07) is 11.7. The minimum absolute atomic E-state index is 0.0523. The van der Waals surface area contributed by atoms with Gasteiger partial charge < -0.3 is 14.5 Å². The minimum atomic E-state index is 0.0523. The smallest absolute Gasteiger partial charge is 0.220 e. The number of ether oxygens (including phenoxy) is 1. The normalized spacial score (nSPS) is 15.7. The van der Waals surface area contributed by atoms with Gasteiger partial charge in [-0.2, -0.15) is 0 Å². The summed E-state index contributed by atoms with van der Waals surface area (Å²) >= 11 is 3.45. The SMILES string of the molecule is O=C(CCCOc1ccccc1Br)NC[C@@H](c1ccco1)N1CCCC1. The predicted octanol–water partition coefficient (Wildman–Crippen LogP) is 4.15. The molecule has 0 radical (unpaired) electrons. The Balaban J connectivity index is 1.40. The second-order valence-electron chi connectivity index (χ2n) is 6.46. The maximum absolute atomic E-state index is 12.2. The summed E-state index contributed by atoms with van der Waals surface area (Å²) in [5, 5.41) is 3.05. The zero-order valence-corrected chi connectivity index (χ0v) is 16.4. The molecular formula is C20H25BrN2O3. The van der Waals surface area contributed by atoms with Crippen molar-refractivity contribution in [1.29, 1.82) is 0 Å². The number of furan rings is 1. The quantitative estimate of drug-likeness (QED) is 0.618. The van der Waals surface area contributed by atoms with Crippen molar-refractivity contribution in [1.82, 2.24) is 10.2 Å². The molecule has 0 unspecified atom stereocenters. The molecule has 1 saturated heterocycles. The first kappa shape index (κ1) is 19.0. The Morgan fingerprint density at radius 1 is 1.23 bits per heavy atom. The predicted molar refractivity (Wildman–Crippen MR) is 104 cm³/mol. The molecule has 1 aromatic heterocycles. The number of nitrogens with zero attached hydrogens (tertiary/aromatic N) is 1. The Kier molecular flexibility index (Phi) is 7.14. The number of para-hydroxylation sites is 1. The van der Waals surface area contributed by atoms with Crippen LogP contribution in [0.4, 0.5) is 0 Å². The summed E-state index contributed by atoms with van der Waals surface area (Å²) in [5.74, 6) is 1.78. The number of nitrogens with one attached hydrogen (secondary N) is 1. The molecule has 0 aliphatic carbocycles. The Morgan fingerprint density at radius 3 is 2.77 bits per heavy atom. The van der Waals surface area contributed by atoms with Crippen LogP contribution in [-0.2, 0) is 4.79 Å². The summed E-state index contributed by atoms with van der Waals surface area (Å²) in [6.07, 6.45) is 5.24. The van der Waals surface area contributed by atoms with Crippen LogP contribution in [0, 0.1) is 0 Å². The van der Waals surface area contributed by atoms with Crippen molar-refractivity contribution in [2.75, 3.05) is 26.2 Å². The van der Waals surface area contributed by atoms with Crippen LogP contribution in [0.5, 0.6) is 5.75 Å². The molecule has 140 valence electrons. The van der Waals surface area contributed by atoms with Crippen molar-refractivity contribution in [3.8, 4) is 5.75 Å². The Bertz CT molecular complexity index is 684. The number of rotatable bonds is 9. The summed E-state index contributed by atoms with van der Waals surface area (Å²) < 4.78 is 12.2. The number of carbonyl (C=O) groups excluding carboxylic acids is 1. The first-order valence-electron chi connectivity index (χ1n) is 9.15. The molecule has 2 aromatic rings. The van der Waals surface area contributed by atoms with Gasteiger partial charge in [-0.1, -0.05) is 12.1 Å². The fourth-order valence-corrected chi connectivity index (χ4v) is 3.62. The highest BCUT2D eigenvalue weighted by Gasteiger charge is 2.25. The number of carbonyl (C=O) groups is 1. The molecule has 1 N–H and O–H groups in total. The van der Waals surface area contributed by atoms with Crippen LogP contribution < -0.4 is 10.1 Å². The fourth-order valence-electron chi connectivity index (χ4n) is 3.22. The lowest BCUT2D eigenvalue weighted by Crippen LogP contribution is -2.36. The van der Waals surface area contributed by atoms with Gasteiger partial charge in [0.2, 0.25) is 5.91 Å². The zero-order valence-electron chi connectivity index (χ0n) is 14.8. The zero-order chi connectivity index (χ0) is 18.2. The summed E-state index contributed by atoms with van der Waals surface area (Å²) in [4.78, 5) is 14.6. The molecule has 3 rings (SSSR count). The number of benzene rings is 1. The van der Waals surface area contributed by atoms with E-state index in [1.54, 1.807) is 6.26 Å². The molecule has 6 heteroatoms. The van der Waals surface area contributed by atoms with E-state index in [0.717, 1.165) is 29.1 Å². The molecule has 1 aliphatic heterocycles. The molecule has 5 nitrogen and oxygen atoms in total. The van der Waals surface area contributed by atoms with Gasteiger partial charge in [-0.25, -0.2) is 0 Å². The summed E-state index contributed by atoms with van der Waals surface area (Å²) in [5.41, 5.74) is 0. The van der Waals surface area contributed by atoms with E-state index < -0.39 is 0 Å². The Morgan fingerprint density at radius 2 is 2.04 bits per heavy atom. The second-order valence-corrected chi connectivity index (χ2v) is 7.32. The van der Waals surface area contributed by atoms with Gasteiger partial charge in [-0.05, 0) is 72.5 Å². The molecule has 1 amide bonds. The molecule has 0 bridgehead atoms. The van der Waals surface area contributed by atoms with E-state index in [1.807, 2.05) is 36.4 Å². The van der Waals surface area contributed by atoms with E-state index in [9.17, 15) is 4.79 Å². The topological polar surface area (TPSA) is 54.7 Å². The molecule has 1 aliphatic rings. The van der Waals surface area contributed by atoms with Gasteiger partial charge in [0.25, 0.3) is 0 Å². The number of halogens is 1. The van der Waals surface area contributed by atoms with Gasteiger partial charge in [-0.3, -0.25) is 9.69 Å². The standard InChI is InChI=1S/C20H25BrN2O3/c21-16-7-1-2-8-18(16)25-14-6-10-20(24)22-15-17(19-9-5-13-26-19)23-11-3-4-12-23/h1-2,5,7-9,13,17H,3-4,6,10-12,14-15H2,(H,22,24)/t17-/m0/s1. The third kappa shape index (κ3) is 5.35. The van der Waals surface area contributed by atoms with Crippen LogP contribution >= 0.6 is 15.9 Å². The maximum Gasteiger partial charge on any atom is 0.220 e. The monoisotopic (exact) mass is 420 g/mol. The molecule has 1 fully saturated rings. The van der Waals surface area contributed by atoms with Gasteiger partial charge in [0.1, 0.15) is 11.5 Å². The average molecular weight is 421 g/mol. The first-order chi connectivity index (χ1) is 12.7. The van der Waals surface area contributed by atoms with Gasteiger partial charge in [-0.15, -0.1) is 0 Å².